The van der Waals surface area contributed by atoms with Crippen LogP contribution in [-0.2, 0) is 11.2 Å². The number of nitrogens with zero attached hydrogens (tertiary/aromatic N) is 1. The fourth-order valence-electron chi connectivity index (χ4n) is 2.86. The fraction of sp³-hybridized carbons (Fsp3) is 0.471. The summed E-state index contributed by atoms with van der Waals surface area (Å²) in [6.45, 7) is 6.10. The zero-order valence-corrected chi connectivity index (χ0v) is 12.2. The predicted molar refractivity (Wildman–Crippen MR) is 79.6 cm³/mol. The molecule has 3 rings (SSSR count). The first-order valence-electron chi connectivity index (χ1n) is 7.38. The minimum atomic E-state index is 0.222. The highest BCUT2D eigenvalue weighted by atomic mass is 16.3. The topological polar surface area (TPSA) is 33.5 Å². The minimum Gasteiger partial charge on any atom is -0.464 e. The van der Waals surface area contributed by atoms with Crippen LogP contribution in [0, 0.1) is 12.8 Å². The van der Waals surface area contributed by atoms with Crippen molar-refractivity contribution in [2.24, 2.45) is 5.92 Å². The maximum atomic E-state index is 12.4. The van der Waals surface area contributed by atoms with Gasteiger partial charge in [0.15, 0.2) is 0 Å². The Hall–Kier alpha value is -1.77. The molecule has 2 aromatic rings. The maximum Gasteiger partial charge on any atom is 0.227 e. The molecule has 0 spiro atoms. The van der Waals surface area contributed by atoms with Gasteiger partial charge in [0, 0.05) is 24.0 Å². The van der Waals surface area contributed by atoms with Crippen LogP contribution in [0.2, 0.25) is 0 Å². The third-order valence-electron chi connectivity index (χ3n) is 4.29. The van der Waals surface area contributed by atoms with Crippen LogP contribution in [0.1, 0.15) is 30.9 Å². The molecule has 0 atom stereocenters. The predicted octanol–water partition coefficient (Wildman–Crippen LogP) is 3.54. The van der Waals surface area contributed by atoms with Crippen LogP contribution in [0.4, 0.5) is 0 Å². The lowest BCUT2D eigenvalue weighted by Crippen LogP contribution is -2.38. The molecule has 106 valence electrons. The number of amides is 1. The minimum absolute atomic E-state index is 0.222. The molecule has 20 heavy (non-hydrogen) atoms. The number of hydrogen-bond donors (Lipinski definition) is 0. The molecule has 1 aliphatic heterocycles. The first-order valence-corrected chi connectivity index (χ1v) is 7.38. The summed E-state index contributed by atoms with van der Waals surface area (Å²) >= 11 is 0. The van der Waals surface area contributed by atoms with Crippen molar-refractivity contribution in [2.45, 2.75) is 33.1 Å². The second kappa shape index (κ2) is 5.31. The fourth-order valence-corrected chi connectivity index (χ4v) is 2.86. The van der Waals surface area contributed by atoms with E-state index in [4.69, 9.17) is 4.42 Å². The molecule has 0 N–H and O–H groups in total. The van der Waals surface area contributed by atoms with Gasteiger partial charge in [-0.1, -0.05) is 19.1 Å². The van der Waals surface area contributed by atoms with E-state index in [-0.39, 0.29) is 5.91 Å². The van der Waals surface area contributed by atoms with Gasteiger partial charge >= 0.3 is 0 Å². The van der Waals surface area contributed by atoms with Gasteiger partial charge in [0.1, 0.15) is 5.58 Å². The molecule has 2 heterocycles. The largest absolute Gasteiger partial charge is 0.464 e. The van der Waals surface area contributed by atoms with Crippen molar-refractivity contribution in [3.63, 3.8) is 0 Å². The second-order valence-corrected chi connectivity index (χ2v) is 6.00. The van der Waals surface area contributed by atoms with Crippen LogP contribution in [-0.4, -0.2) is 23.9 Å². The molecule has 3 heteroatoms. The summed E-state index contributed by atoms with van der Waals surface area (Å²) in [5, 5.41) is 1.06. The number of aryl methyl sites for hydroxylation is 1. The molecule has 0 unspecified atom stereocenters. The monoisotopic (exact) mass is 271 g/mol. The highest BCUT2D eigenvalue weighted by Gasteiger charge is 2.21. The normalized spacial score (nSPS) is 16.8. The van der Waals surface area contributed by atoms with Gasteiger partial charge < -0.3 is 9.32 Å². The van der Waals surface area contributed by atoms with Crippen LogP contribution in [0.25, 0.3) is 11.0 Å². The molecule has 0 radical (unpaired) electrons. The van der Waals surface area contributed by atoms with E-state index in [2.05, 4.69) is 19.1 Å². The van der Waals surface area contributed by atoms with E-state index in [1.54, 1.807) is 6.26 Å². The van der Waals surface area contributed by atoms with Gasteiger partial charge in [0.25, 0.3) is 0 Å². The van der Waals surface area contributed by atoms with E-state index in [0.717, 1.165) is 48.4 Å². The third kappa shape index (κ3) is 2.58. The van der Waals surface area contributed by atoms with Crippen molar-refractivity contribution in [1.29, 1.82) is 0 Å². The number of furan rings is 1. The molecular formula is C17H21NO2. The van der Waals surface area contributed by atoms with Crippen LogP contribution < -0.4 is 0 Å². The summed E-state index contributed by atoms with van der Waals surface area (Å²) < 4.78 is 5.56. The number of carbonyl (C=O) groups excluding carboxylic acids is 1. The van der Waals surface area contributed by atoms with Gasteiger partial charge in [-0.05, 0) is 37.3 Å². The van der Waals surface area contributed by atoms with E-state index in [9.17, 15) is 4.79 Å². The van der Waals surface area contributed by atoms with Crippen molar-refractivity contribution in [3.05, 3.63) is 35.6 Å². The molecule has 1 aromatic heterocycles. The summed E-state index contributed by atoms with van der Waals surface area (Å²) in [4.78, 5) is 14.4. The van der Waals surface area contributed by atoms with Crippen LogP contribution >= 0.6 is 0 Å². The number of piperidine rings is 1. The van der Waals surface area contributed by atoms with Crippen molar-refractivity contribution in [3.8, 4) is 0 Å². The molecule has 3 nitrogen and oxygen atoms in total. The van der Waals surface area contributed by atoms with Crippen LogP contribution in [0.3, 0.4) is 0 Å². The van der Waals surface area contributed by atoms with Gasteiger partial charge in [-0.3, -0.25) is 4.79 Å². The van der Waals surface area contributed by atoms with Crippen LogP contribution in [0.15, 0.2) is 28.9 Å². The first kappa shape index (κ1) is 13.2. The summed E-state index contributed by atoms with van der Waals surface area (Å²) in [6, 6.07) is 6.13. The smallest absolute Gasteiger partial charge is 0.227 e. The summed E-state index contributed by atoms with van der Waals surface area (Å²) in [5.41, 5.74) is 3.05. The number of carbonyl (C=O) groups is 1. The van der Waals surface area contributed by atoms with E-state index in [1.165, 1.54) is 5.56 Å². The quantitative estimate of drug-likeness (QED) is 0.837. The van der Waals surface area contributed by atoms with Crippen molar-refractivity contribution >= 4 is 16.9 Å². The van der Waals surface area contributed by atoms with Gasteiger partial charge in [-0.2, -0.15) is 0 Å². The van der Waals surface area contributed by atoms with Crippen molar-refractivity contribution < 1.29 is 9.21 Å². The summed E-state index contributed by atoms with van der Waals surface area (Å²) in [7, 11) is 0. The number of hydrogen-bond acceptors (Lipinski definition) is 2. The Balaban J connectivity index is 1.74. The highest BCUT2D eigenvalue weighted by molar-refractivity contribution is 5.88. The molecular weight excluding hydrogens is 250 g/mol. The molecule has 1 amide bonds. The Bertz CT molecular complexity index is 621. The SMILES string of the molecule is Cc1ccc2c(CC(=O)N3CCC(C)CC3)coc2c1. The molecule has 1 aliphatic rings. The van der Waals surface area contributed by atoms with Crippen molar-refractivity contribution in [1.82, 2.24) is 4.90 Å². The maximum absolute atomic E-state index is 12.4. The average molecular weight is 271 g/mol. The van der Waals surface area contributed by atoms with Crippen LogP contribution in [0.5, 0.6) is 0 Å². The van der Waals surface area contributed by atoms with E-state index >= 15 is 0 Å². The van der Waals surface area contributed by atoms with Crippen molar-refractivity contribution in [2.75, 3.05) is 13.1 Å². The molecule has 1 fully saturated rings. The lowest BCUT2D eigenvalue weighted by Gasteiger charge is -2.30. The number of benzene rings is 1. The van der Waals surface area contributed by atoms with Gasteiger partial charge in [-0.15, -0.1) is 0 Å². The van der Waals surface area contributed by atoms with Gasteiger partial charge in [0.05, 0.1) is 12.7 Å². The number of rotatable bonds is 2. The summed E-state index contributed by atoms with van der Waals surface area (Å²) in [5.74, 6) is 0.969. The Morgan fingerprint density at radius 1 is 1.35 bits per heavy atom. The lowest BCUT2D eigenvalue weighted by atomic mass is 9.98. The number of likely N-dealkylation sites (tertiary alicyclic amines) is 1. The van der Waals surface area contributed by atoms with Gasteiger partial charge in [0.2, 0.25) is 5.91 Å². The zero-order chi connectivity index (χ0) is 14.1. The Morgan fingerprint density at radius 2 is 2.10 bits per heavy atom. The molecule has 0 aliphatic carbocycles. The molecule has 0 bridgehead atoms. The Kier molecular flexibility index (Phi) is 3.51. The van der Waals surface area contributed by atoms with E-state index in [1.807, 2.05) is 17.9 Å². The number of fused-ring (bicyclic) bond motifs is 1. The Labute approximate surface area is 119 Å². The molecule has 1 aromatic carbocycles. The first-order chi connectivity index (χ1) is 9.63. The van der Waals surface area contributed by atoms with E-state index < -0.39 is 0 Å². The second-order valence-electron chi connectivity index (χ2n) is 6.00. The summed E-state index contributed by atoms with van der Waals surface area (Å²) in [6.07, 6.45) is 4.42. The lowest BCUT2D eigenvalue weighted by molar-refractivity contribution is -0.131. The standard InChI is InChI=1S/C17H21NO2/c1-12-5-7-18(8-6-12)17(19)10-14-11-20-16-9-13(2)3-4-15(14)16/h3-4,9,11-12H,5-8,10H2,1-2H3. The third-order valence-corrected chi connectivity index (χ3v) is 4.29. The zero-order valence-electron chi connectivity index (χ0n) is 12.2. The average Bonchev–Trinajstić information content (AvgIpc) is 2.81. The Morgan fingerprint density at radius 3 is 2.85 bits per heavy atom. The van der Waals surface area contributed by atoms with Gasteiger partial charge in [-0.25, -0.2) is 0 Å². The molecule has 0 saturated carbocycles. The molecule has 1 saturated heterocycles. The van der Waals surface area contributed by atoms with E-state index in [0.29, 0.717) is 6.42 Å². The highest BCUT2D eigenvalue weighted by Crippen LogP contribution is 2.24.